The molecule has 0 aromatic heterocycles. The second-order valence-electron chi connectivity index (χ2n) is 15.4. The Morgan fingerprint density at radius 3 is 1.25 bits per heavy atom. The summed E-state index contributed by atoms with van der Waals surface area (Å²) in [4.78, 5) is 37.8. The topological polar surface area (TPSA) is 78.9 Å². The monoisotopic (exact) mass is 831 g/mol. The highest BCUT2D eigenvalue weighted by Gasteiger charge is 2.19. The molecule has 0 aliphatic rings. The van der Waals surface area contributed by atoms with Crippen LogP contribution in [0.25, 0.3) is 0 Å². The maximum absolute atomic E-state index is 12.7. The third-order valence-electron chi connectivity index (χ3n) is 9.62. The van der Waals surface area contributed by atoms with Crippen molar-refractivity contribution in [2.24, 2.45) is 0 Å². The minimum absolute atomic E-state index is 0.107. The zero-order valence-corrected chi connectivity index (χ0v) is 38.4. The van der Waals surface area contributed by atoms with Crippen LogP contribution in [-0.2, 0) is 28.6 Å². The number of hydrogen-bond acceptors (Lipinski definition) is 6. The molecule has 0 amide bonds. The molecule has 60 heavy (non-hydrogen) atoms. The molecule has 1 unspecified atom stereocenters. The summed E-state index contributed by atoms with van der Waals surface area (Å²) >= 11 is 0. The Kier molecular flexibility index (Phi) is 44.6. The largest absolute Gasteiger partial charge is 0.462 e. The van der Waals surface area contributed by atoms with Crippen LogP contribution in [0.2, 0.25) is 0 Å². The summed E-state index contributed by atoms with van der Waals surface area (Å²) in [7, 11) is 0. The summed E-state index contributed by atoms with van der Waals surface area (Å²) < 4.78 is 16.7. The number of esters is 3. The Hall–Kier alpha value is -3.93. The number of rotatable bonds is 41. The minimum Gasteiger partial charge on any atom is -0.462 e. The predicted molar refractivity (Wildman–Crippen MR) is 256 cm³/mol. The SMILES string of the molecule is CC\C=C/C=C\C=C/C=C\C=C/CCCCCC(=O)OC(COC(=O)CCCCCCC/C=C\CCCC)COC(=O)CCCCCCCC/C=C\C/C=C\C/C=C\CC. The number of allylic oxidation sites excluding steroid dienone is 18. The number of carbonyl (C=O) groups excluding carboxylic acids is 3. The van der Waals surface area contributed by atoms with Crippen molar-refractivity contribution in [3.8, 4) is 0 Å². The average Bonchev–Trinajstić information content (AvgIpc) is 3.24. The van der Waals surface area contributed by atoms with Gasteiger partial charge in [0, 0.05) is 19.3 Å². The molecule has 6 nitrogen and oxygen atoms in total. The van der Waals surface area contributed by atoms with Crippen LogP contribution in [0.15, 0.2) is 109 Å². The van der Waals surface area contributed by atoms with Crippen molar-refractivity contribution in [1.29, 1.82) is 0 Å². The van der Waals surface area contributed by atoms with E-state index in [-0.39, 0.29) is 37.5 Å². The average molecular weight is 831 g/mol. The number of ether oxygens (including phenoxy) is 3. The molecule has 0 aliphatic heterocycles. The van der Waals surface area contributed by atoms with Gasteiger partial charge in [0.1, 0.15) is 13.2 Å². The molecular formula is C54H86O6. The van der Waals surface area contributed by atoms with Crippen molar-refractivity contribution >= 4 is 17.9 Å². The van der Waals surface area contributed by atoms with Gasteiger partial charge in [0.15, 0.2) is 6.10 Å². The van der Waals surface area contributed by atoms with E-state index in [1.165, 1.54) is 38.5 Å². The van der Waals surface area contributed by atoms with E-state index < -0.39 is 6.10 Å². The van der Waals surface area contributed by atoms with Crippen molar-refractivity contribution < 1.29 is 28.6 Å². The summed E-state index contributed by atoms with van der Waals surface area (Å²) in [6.07, 6.45) is 63.5. The first-order valence-electron chi connectivity index (χ1n) is 24.0. The number of hydrogen-bond donors (Lipinski definition) is 0. The Morgan fingerprint density at radius 2 is 0.733 bits per heavy atom. The number of unbranched alkanes of at least 4 members (excludes halogenated alkanes) is 16. The smallest absolute Gasteiger partial charge is 0.306 e. The molecule has 338 valence electrons. The van der Waals surface area contributed by atoms with Gasteiger partial charge in [0.05, 0.1) is 0 Å². The van der Waals surface area contributed by atoms with E-state index in [4.69, 9.17) is 14.2 Å². The Morgan fingerprint density at radius 1 is 0.367 bits per heavy atom. The molecule has 0 fully saturated rings. The van der Waals surface area contributed by atoms with Gasteiger partial charge in [-0.25, -0.2) is 0 Å². The molecular weight excluding hydrogens is 745 g/mol. The summed E-state index contributed by atoms with van der Waals surface area (Å²) in [6, 6.07) is 0. The molecule has 1 atom stereocenters. The molecule has 0 aliphatic carbocycles. The van der Waals surface area contributed by atoms with E-state index in [0.717, 1.165) is 109 Å². The second-order valence-corrected chi connectivity index (χ2v) is 15.4. The summed E-state index contributed by atoms with van der Waals surface area (Å²) in [5.41, 5.74) is 0. The molecule has 0 spiro atoms. The fourth-order valence-corrected chi connectivity index (χ4v) is 6.04. The fraction of sp³-hybridized carbons (Fsp3) is 0.611. The Bertz CT molecular complexity index is 1280. The van der Waals surface area contributed by atoms with Crippen LogP contribution in [0, 0.1) is 0 Å². The molecule has 0 aromatic carbocycles. The van der Waals surface area contributed by atoms with E-state index in [2.05, 4.69) is 81.5 Å². The van der Waals surface area contributed by atoms with E-state index in [0.29, 0.717) is 19.3 Å². The van der Waals surface area contributed by atoms with Crippen molar-refractivity contribution in [2.75, 3.05) is 13.2 Å². The van der Waals surface area contributed by atoms with Gasteiger partial charge in [0.25, 0.3) is 0 Å². The van der Waals surface area contributed by atoms with Crippen LogP contribution in [0.3, 0.4) is 0 Å². The molecule has 0 radical (unpaired) electrons. The first-order chi connectivity index (χ1) is 29.5. The van der Waals surface area contributed by atoms with Gasteiger partial charge < -0.3 is 14.2 Å². The van der Waals surface area contributed by atoms with Crippen LogP contribution < -0.4 is 0 Å². The molecule has 0 rings (SSSR count). The maximum atomic E-state index is 12.7. The highest BCUT2D eigenvalue weighted by atomic mass is 16.6. The third kappa shape index (κ3) is 45.2. The lowest BCUT2D eigenvalue weighted by Gasteiger charge is -2.18. The minimum atomic E-state index is -0.809. The Labute approximate surface area is 368 Å². The molecule has 0 heterocycles. The van der Waals surface area contributed by atoms with Crippen LogP contribution >= 0.6 is 0 Å². The fourth-order valence-electron chi connectivity index (χ4n) is 6.04. The van der Waals surface area contributed by atoms with Crippen LogP contribution in [-0.4, -0.2) is 37.2 Å². The molecule has 0 saturated heterocycles. The standard InChI is InChI=1S/C54H86O6/c1-4-7-10-13-16-19-22-24-26-28-29-32-35-38-41-44-47-53(56)59-50-51(49-58-52(55)46-43-40-37-34-31-21-18-15-12-9-6-3)60-54(57)48-45-42-39-36-33-30-27-25-23-20-17-14-11-8-5-2/h7-8,10-11,14-20,23-27,30,33,51H,4-6,9,12-13,21-22,28-29,31-32,34-50H2,1-3H3/b10-7-,11-8-,17-14-,18-15-,19-16-,23-20-,26-24-,27-25-,33-30-. The highest BCUT2D eigenvalue weighted by molar-refractivity contribution is 5.71. The van der Waals surface area contributed by atoms with E-state index in [1.54, 1.807) is 0 Å². The first-order valence-corrected chi connectivity index (χ1v) is 24.0. The van der Waals surface area contributed by atoms with E-state index in [1.807, 2.05) is 48.6 Å². The lowest BCUT2D eigenvalue weighted by Crippen LogP contribution is -2.30. The van der Waals surface area contributed by atoms with Gasteiger partial charge in [-0.3, -0.25) is 14.4 Å². The Balaban J connectivity index is 4.51. The lowest BCUT2D eigenvalue weighted by molar-refractivity contribution is -0.167. The first kappa shape index (κ1) is 56.1. The highest BCUT2D eigenvalue weighted by Crippen LogP contribution is 2.13. The van der Waals surface area contributed by atoms with Gasteiger partial charge in [-0.2, -0.15) is 0 Å². The predicted octanol–water partition coefficient (Wildman–Crippen LogP) is 15.6. The van der Waals surface area contributed by atoms with Crippen LogP contribution in [0.5, 0.6) is 0 Å². The molecule has 0 N–H and O–H groups in total. The zero-order valence-electron chi connectivity index (χ0n) is 38.4. The van der Waals surface area contributed by atoms with Crippen LogP contribution in [0.4, 0.5) is 0 Å². The second kappa shape index (κ2) is 47.7. The summed E-state index contributed by atoms with van der Waals surface area (Å²) in [5.74, 6) is -0.981. The van der Waals surface area contributed by atoms with Crippen molar-refractivity contribution in [3.05, 3.63) is 109 Å². The van der Waals surface area contributed by atoms with Gasteiger partial charge in [0.2, 0.25) is 0 Å². The maximum Gasteiger partial charge on any atom is 0.306 e. The van der Waals surface area contributed by atoms with E-state index >= 15 is 0 Å². The normalized spacial score (nSPS) is 13.1. The molecule has 0 aromatic rings. The van der Waals surface area contributed by atoms with Gasteiger partial charge >= 0.3 is 17.9 Å². The van der Waals surface area contributed by atoms with Gasteiger partial charge in [-0.05, 0) is 89.9 Å². The summed E-state index contributed by atoms with van der Waals surface area (Å²) in [5, 5.41) is 0. The molecule has 0 saturated carbocycles. The van der Waals surface area contributed by atoms with Gasteiger partial charge in [-0.15, -0.1) is 0 Å². The zero-order chi connectivity index (χ0) is 43.7. The third-order valence-corrected chi connectivity index (χ3v) is 9.62. The van der Waals surface area contributed by atoms with Crippen molar-refractivity contribution in [3.63, 3.8) is 0 Å². The van der Waals surface area contributed by atoms with Crippen molar-refractivity contribution in [1.82, 2.24) is 0 Å². The van der Waals surface area contributed by atoms with Gasteiger partial charge in [-0.1, -0.05) is 194 Å². The lowest BCUT2D eigenvalue weighted by atomic mass is 10.1. The van der Waals surface area contributed by atoms with Crippen LogP contribution in [0.1, 0.15) is 194 Å². The van der Waals surface area contributed by atoms with E-state index in [9.17, 15) is 14.4 Å². The quantitative estimate of drug-likeness (QED) is 0.0201. The molecule has 6 heteroatoms. The summed E-state index contributed by atoms with van der Waals surface area (Å²) in [6.45, 7) is 6.26. The molecule has 0 bridgehead atoms. The van der Waals surface area contributed by atoms with Crippen molar-refractivity contribution in [2.45, 2.75) is 200 Å². The number of carbonyl (C=O) groups is 3.